The Hall–Kier alpha value is -0.550. The van der Waals surface area contributed by atoms with Crippen molar-refractivity contribution >= 4 is 11.3 Å². The first kappa shape index (κ1) is 11.5. The van der Waals surface area contributed by atoms with E-state index in [-0.39, 0.29) is 6.42 Å². The van der Waals surface area contributed by atoms with E-state index in [1.165, 1.54) is 11.3 Å². The maximum atomic E-state index is 12.4. The van der Waals surface area contributed by atoms with E-state index in [0.717, 1.165) is 5.56 Å². The quantitative estimate of drug-likeness (QED) is 0.827. The molecule has 0 radical (unpaired) electrons. The molecule has 5 heteroatoms. The molecule has 1 nitrogen and oxygen atoms in total. The molecule has 1 heterocycles. The highest BCUT2D eigenvalue weighted by molar-refractivity contribution is 7.07. The Morgan fingerprint density at radius 3 is 2.64 bits per heavy atom. The van der Waals surface area contributed by atoms with Crippen LogP contribution in [0.1, 0.15) is 12.5 Å². The summed E-state index contributed by atoms with van der Waals surface area (Å²) in [6.45, 7) is 2.00. The van der Waals surface area contributed by atoms with Crippen LogP contribution in [0, 0.1) is 0 Å². The second kappa shape index (κ2) is 4.79. The van der Waals surface area contributed by atoms with E-state index < -0.39 is 12.2 Å². The fourth-order valence-electron chi connectivity index (χ4n) is 1.19. The number of hydrogen-bond donors (Lipinski definition) is 1. The Balaban J connectivity index is 2.60. The molecular weight excluding hydrogens is 211 g/mol. The molecule has 0 aliphatic carbocycles. The highest BCUT2D eigenvalue weighted by atomic mass is 32.1. The van der Waals surface area contributed by atoms with Crippen molar-refractivity contribution in [3.05, 3.63) is 22.4 Å². The van der Waals surface area contributed by atoms with Gasteiger partial charge in [-0.15, -0.1) is 0 Å². The van der Waals surface area contributed by atoms with Crippen LogP contribution < -0.4 is 5.32 Å². The Morgan fingerprint density at radius 1 is 1.50 bits per heavy atom. The van der Waals surface area contributed by atoms with Crippen molar-refractivity contribution in [3.63, 3.8) is 0 Å². The van der Waals surface area contributed by atoms with E-state index in [4.69, 9.17) is 0 Å². The van der Waals surface area contributed by atoms with E-state index in [1.807, 2.05) is 0 Å². The topological polar surface area (TPSA) is 12.0 Å². The number of thiophene rings is 1. The van der Waals surface area contributed by atoms with Gasteiger partial charge in [-0.2, -0.15) is 24.5 Å². The summed E-state index contributed by atoms with van der Waals surface area (Å²) >= 11 is 1.42. The summed E-state index contributed by atoms with van der Waals surface area (Å²) in [5.74, 6) is 0. The van der Waals surface area contributed by atoms with Crippen LogP contribution in [-0.2, 0) is 6.42 Å². The smallest absolute Gasteiger partial charge is 0.306 e. The fraction of sp³-hybridized carbons (Fsp3) is 0.556. The fourth-order valence-corrected chi connectivity index (χ4v) is 1.88. The summed E-state index contributed by atoms with van der Waals surface area (Å²) in [5, 5.41) is 5.97. The molecular formula is C9H12F3NS. The zero-order valence-electron chi connectivity index (χ0n) is 7.77. The van der Waals surface area contributed by atoms with Gasteiger partial charge in [0.1, 0.15) is 6.04 Å². The molecule has 80 valence electrons. The molecule has 1 rings (SSSR count). The Morgan fingerprint density at radius 2 is 2.21 bits per heavy atom. The molecule has 0 amide bonds. The first-order valence-electron chi connectivity index (χ1n) is 4.35. The summed E-state index contributed by atoms with van der Waals surface area (Å²) < 4.78 is 37.3. The van der Waals surface area contributed by atoms with Gasteiger partial charge in [-0.1, -0.05) is 6.92 Å². The minimum Gasteiger partial charge on any atom is -0.306 e. The maximum absolute atomic E-state index is 12.4. The number of hydrogen-bond acceptors (Lipinski definition) is 2. The number of nitrogens with one attached hydrogen (secondary N) is 1. The van der Waals surface area contributed by atoms with Gasteiger partial charge in [-0.25, -0.2) is 0 Å². The average Bonchev–Trinajstić information content (AvgIpc) is 2.54. The first-order chi connectivity index (χ1) is 6.54. The van der Waals surface area contributed by atoms with Gasteiger partial charge >= 0.3 is 6.18 Å². The van der Waals surface area contributed by atoms with Crippen LogP contribution in [0.15, 0.2) is 16.8 Å². The highest BCUT2D eigenvalue weighted by Crippen LogP contribution is 2.23. The Kier molecular flexibility index (Phi) is 3.95. The van der Waals surface area contributed by atoms with Gasteiger partial charge in [0.15, 0.2) is 0 Å². The van der Waals surface area contributed by atoms with Crippen LogP contribution in [0.4, 0.5) is 13.2 Å². The molecule has 0 saturated carbocycles. The van der Waals surface area contributed by atoms with Crippen molar-refractivity contribution < 1.29 is 13.2 Å². The lowest BCUT2D eigenvalue weighted by atomic mass is 10.1. The van der Waals surface area contributed by atoms with Gasteiger partial charge in [0.2, 0.25) is 0 Å². The van der Waals surface area contributed by atoms with Crippen molar-refractivity contribution in [2.75, 3.05) is 6.54 Å². The lowest BCUT2D eigenvalue weighted by Gasteiger charge is -2.20. The van der Waals surface area contributed by atoms with Crippen molar-refractivity contribution in [2.24, 2.45) is 0 Å². The van der Waals surface area contributed by atoms with Crippen molar-refractivity contribution in [1.82, 2.24) is 5.32 Å². The van der Waals surface area contributed by atoms with Crippen molar-refractivity contribution in [1.29, 1.82) is 0 Å². The van der Waals surface area contributed by atoms with E-state index in [0.29, 0.717) is 6.54 Å². The summed E-state index contributed by atoms with van der Waals surface area (Å²) in [7, 11) is 0. The third-order valence-electron chi connectivity index (χ3n) is 1.87. The molecule has 0 aliphatic heterocycles. The normalized spacial score (nSPS) is 14.3. The van der Waals surface area contributed by atoms with Gasteiger partial charge in [-0.3, -0.25) is 0 Å². The van der Waals surface area contributed by atoms with Crippen LogP contribution in [-0.4, -0.2) is 18.8 Å². The predicted molar refractivity (Wildman–Crippen MR) is 51.5 cm³/mol. The lowest BCUT2D eigenvalue weighted by Crippen LogP contribution is -2.43. The highest BCUT2D eigenvalue weighted by Gasteiger charge is 2.38. The number of rotatable bonds is 4. The zero-order chi connectivity index (χ0) is 10.6. The Bertz CT molecular complexity index is 256. The molecule has 0 saturated heterocycles. The van der Waals surface area contributed by atoms with Crippen LogP contribution in [0.25, 0.3) is 0 Å². The van der Waals surface area contributed by atoms with E-state index in [9.17, 15) is 13.2 Å². The second-order valence-corrected chi connectivity index (χ2v) is 3.77. The van der Waals surface area contributed by atoms with Gasteiger partial charge in [0.25, 0.3) is 0 Å². The van der Waals surface area contributed by atoms with E-state index in [1.54, 1.807) is 23.8 Å². The molecule has 1 atom stereocenters. The molecule has 0 aliphatic rings. The number of halogens is 3. The molecule has 1 aromatic heterocycles. The van der Waals surface area contributed by atoms with Crippen molar-refractivity contribution in [3.8, 4) is 0 Å². The lowest BCUT2D eigenvalue weighted by molar-refractivity contribution is -0.155. The van der Waals surface area contributed by atoms with Crippen LogP contribution in [0.5, 0.6) is 0 Å². The second-order valence-electron chi connectivity index (χ2n) is 2.99. The monoisotopic (exact) mass is 223 g/mol. The largest absolute Gasteiger partial charge is 0.404 e. The number of likely N-dealkylation sites (N-methyl/N-ethyl adjacent to an activating group) is 1. The summed E-state index contributed by atoms with van der Waals surface area (Å²) in [5.41, 5.74) is 0.735. The minimum absolute atomic E-state index is 0.0147. The minimum atomic E-state index is -4.17. The van der Waals surface area contributed by atoms with E-state index in [2.05, 4.69) is 5.32 Å². The summed E-state index contributed by atoms with van der Waals surface area (Å²) in [6.07, 6.45) is -4.15. The zero-order valence-corrected chi connectivity index (χ0v) is 8.58. The average molecular weight is 223 g/mol. The van der Waals surface area contributed by atoms with Gasteiger partial charge in [-0.05, 0) is 35.4 Å². The summed E-state index contributed by atoms with van der Waals surface area (Å²) in [6, 6.07) is 0.294. The Labute approximate surface area is 84.9 Å². The molecule has 1 unspecified atom stereocenters. The maximum Gasteiger partial charge on any atom is 0.404 e. The standard InChI is InChI=1S/C9H12F3NS/c1-2-13-8(9(10,11)12)5-7-3-4-14-6-7/h3-4,6,8,13H,2,5H2,1H3. The number of alkyl halides is 3. The third-order valence-corrected chi connectivity index (χ3v) is 2.60. The van der Waals surface area contributed by atoms with Crippen LogP contribution in [0.2, 0.25) is 0 Å². The van der Waals surface area contributed by atoms with Gasteiger partial charge < -0.3 is 5.32 Å². The molecule has 0 bridgehead atoms. The van der Waals surface area contributed by atoms with Crippen LogP contribution in [0.3, 0.4) is 0 Å². The SMILES string of the molecule is CCNC(Cc1ccsc1)C(F)(F)F. The molecule has 0 aromatic carbocycles. The summed E-state index contributed by atoms with van der Waals surface area (Å²) in [4.78, 5) is 0. The van der Waals surface area contributed by atoms with Gasteiger partial charge in [0, 0.05) is 0 Å². The molecule has 0 fully saturated rings. The van der Waals surface area contributed by atoms with Crippen LogP contribution >= 0.6 is 11.3 Å². The van der Waals surface area contributed by atoms with Crippen molar-refractivity contribution in [2.45, 2.75) is 25.6 Å². The van der Waals surface area contributed by atoms with Gasteiger partial charge in [0.05, 0.1) is 0 Å². The molecule has 0 spiro atoms. The molecule has 1 N–H and O–H groups in total. The third kappa shape index (κ3) is 3.31. The predicted octanol–water partition coefficient (Wildman–Crippen LogP) is 2.83. The van der Waals surface area contributed by atoms with E-state index >= 15 is 0 Å². The molecule has 1 aromatic rings. The molecule has 14 heavy (non-hydrogen) atoms. The first-order valence-corrected chi connectivity index (χ1v) is 5.29.